The van der Waals surface area contributed by atoms with Crippen LogP contribution >= 0.6 is 0 Å². The van der Waals surface area contributed by atoms with Gasteiger partial charge in [-0.05, 0) is 20.8 Å². The number of hydrogen-bond acceptors (Lipinski definition) is 7. The topological polar surface area (TPSA) is 113 Å². The Balaban J connectivity index is 0. The lowest BCUT2D eigenvalue weighted by molar-refractivity contribution is -0.290. The third kappa shape index (κ3) is 9.23. The Morgan fingerprint density at radius 1 is 1.15 bits per heavy atom. The summed E-state index contributed by atoms with van der Waals surface area (Å²) < 4.78 is 10.8. The van der Waals surface area contributed by atoms with Crippen molar-refractivity contribution in [2.24, 2.45) is 11.8 Å². The van der Waals surface area contributed by atoms with E-state index in [1.165, 1.54) is 6.92 Å². The van der Waals surface area contributed by atoms with Crippen molar-refractivity contribution in [2.75, 3.05) is 6.61 Å². The molecule has 0 spiro atoms. The highest BCUT2D eigenvalue weighted by Crippen LogP contribution is 2.27. The number of hydrogen-bond donors (Lipinski definition) is 3. The van der Waals surface area contributed by atoms with Crippen LogP contribution in [0.2, 0.25) is 0 Å². The van der Waals surface area contributed by atoms with Gasteiger partial charge in [0, 0.05) is 33.1 Å². The molecule has 1 heterocycles. The van der Waals surface area contributed by atoms with Crippen molar-refractivity contribution >= 4 is 20.0 Å². The summed E-state index contributed by atoms with van der Waals surface area (Å²) in [6, 6.07) is 0. The first kappa shape index (κ1) is 27.4. The highest BCUT2D eigenvalue weighted by Gasteiger charge is 2.42. The van der Waals surface area contributed by atoms with Crippen LogP contribution in [0.1, 0.15) is 54.4 Å². The molecule has 1 rings (SSSR count). The van der Waals surface area contributed by atoms with Crippen LogP contribution in [0.3, 0.4) is 0 Å². The Morgan fingerprint density at radius 2 is 1.69 bits per heavy atom. The molecule has 3 unspecified atom stereocenters. The highest BCUT2D eigenvalue weighted by atomic mass is 16.7. The van der Waals surface area contributed by atoms with Gasteiger partial charge < -0.3 is 24.8 Å². The van der Waals surface area contributed by atoms with Crippen LogP contribution in [-0.4, -0.2) is 72.6 Å². The summed E-state index contributed by atoms with van der Waals surface area (Å²) in [5, 5.41) is 28.2. The van der Waals surface area contributed by atoms with E-state index in [0.29, 0.717) is 12.8 Å². The summed E-state index contributed by atoms with van der Waals surface area (Å²) in [5.41, 5.74) is 0. The summed E-state index contributed by atoms with van der Waals surface area (Å²) >= 11 is 0. The lowest BCUT2D eigenvalue weighted by Crippen LogP contribution is -2.55. The standard InChI is InChI=1S/C10H20O5.C8H14O2.B/c1-5(2)14-10-6(3)8(12)9(13)7(4-11)15-10;1-4-8(10)5-6(2)7(3)9;/h5-13H,4H2,1-3H3;6H,4-5H2,1-3H3;/t6?,7?,8-,9+,10+;;/m1../s1. The van der Waals surface area contributed by atoms with Crippen molar-refractivity contribution in [3.05, 3.63) is 0 Å². The average molecular weight is 373 g/mol. The molecule has 8 heteroatoms. The van der Waals surface area contributed by atoms with Crippen molar-refractivity contribution in [2.45, 2.75) is 85.1 Å². The summed E-state index contributed by atoms with van der Waals surface area (Å²) in [6.07, 6.45) is -2.43. The predicted octanol–water partition coefficient (Wildman–Crippen LogP) is 0.686. The Kier molecular flexibility index (Phi) is 14.1. The number of carbonyl (C=O) groups excluding carboxylic acids is 2. The molecule has 0 amide bonds. The van der Waals surface area contributed by atoms with Crippen LogP contribution < -0.4 is 0 Å². The van der Waals surface area contributed by atoms with Crippen molar-refractivity contribution in [1.82, 2.24) is 0 Å². The second-order valence-corrected chi connectivity index (χ2v) is 6.86. The molecule has 1 aliphatic heterocycles. The molecule has 0 bridgehead atoms. The number of aliphatic hydroxyl groups is 3. The maximum Gasteiger partial charge on any atom is 0.163 e. The van der Waals surface area contributed by atoms with Crippen molar-refractivity contribution in [1.29, 1.82) is 0 Å². The predicted molar refractivity (Wildman–Crippen MR) is 98.7 cm³/mol. The van der Waals surface area contributed by atoms with E-state index in [0.717, 1.165) is 0 Å². The van der Waals surface area contributed by atoms with Gasteiger partial charge in [0.2, 0.25) is 0 Å². The van der Waals surface area contributed by atoms with Crippen LogP contribution in [0.4, 0.5) is 0 Å². The molecule has 151 valence electrons. The lowest BCUT2D eigenvalue weighted by Gasteiger charge is -2.41. The molecule has 0 aromatic rings. The summed E-state index contributed by atoms with van der Waals surface area (Å²) in [5.74, 6) is -0.137. The largest absolute Gasteiger partial charge is 0.394 e. The van der Waals surface area contributed by atoms with E-state index in [1.807, 2.05) is 20.8 Å². The second-order valence-electron chi connectivity index (χ2n) is 6.86. The van der Waals surface area contributed by atoms with E-state index in [1.54, 1.807) is 13.8 Å². The van der Waals surface area contributed by atoms with Gasteiger partial charge in [-0.3, -0.25) is 9.59 Å². The molecule has 0 saturated carbocycles. The first-order chi connectivity index (χ1) is 11.5. The zero-order valence-corrected chi connectivity index (χ0v) is 16.7. The van der Waals surface area contributed by atoms with E-state index >= 15 is 0 Å². The molecular formula is C18H34BO7. The number of rotatable bonds is 7. The molecule has 6 atom stereocenters. The lowest BCUT2D eigenvalue weighted by atomic mass is 9.92. The van der Waals surface area contributed by atoms with Gasteiger partial charge in [0.15, 0.2) is 6.29 Å². The second kappa shape index (κ2) is 13.4. The third-order valence-electron chi connectivity index (χ3n) is 4.22. The van der Waals surface area contributed by atoms with E-state index in [2.05, 4.69) is 0 Å². The molecule has 3 N–H and O–H groups in total. The summed E-state index contributed by atoms with van der Waals surface area (Å²) in [6.45, 7) is 10.3. The van der Waals surface area contributed by atoms with Crippen LogP contribution in [-0.2, 0) is 19.1 Å². The maximum atomic E-state index is 10.8. The minimum atomic E-state index is -1.06. The van der Waals surface area contributed by atoms with Gasteiger partial charge in [0.25, 0.3) is 0 Å². The normalized spacial score (nSPS) is 29.2. The van der Waals surface area contributed by atoms with E-state index < -0.39 is 24.6 Å². The minimum Gasteiger partial charge on any atom is -0.394 e. The van der Waals surface area contributed by atoms with Gasteiger partial charge in [-0.25, -0.2) is 0 Å². The fourth-order valence-electron chi connectivity index (χ4n) is 2.27. The maximum absolute atomic E-state index is 10.8. The van der Waals surface area contributed by atoms with Gasteiger partial charge in [0.1, 0.15) is 23.8 Å². The first-order valence-corrected chi connectivity index (χ1v) is 8.85. The number of Topliss-reactive ketones (excluding diaryl/α,β-unsaturated/α-hetero) is 2. The summed E-state index contributed by atoms with van der Waals surface area (Å²) in [7, 11) is 0. The van der Waals surface area contributed by atoms with Crippen LogP contribution in [0, 0.1) is 11.8 Å². The Hall–Kier alpha value is -0.795. The molecule has 0 aromatic carbocycles. The molecule has 1 saturated heterocycles. The van der Waals surface area contributed by atoms with Crippen molar-refractivity contribution < 1.29 is 34.4 Å². The first-order valence-electron chi connectivity index (χ1n) is 8.85. The van der Waals surface area contributed by atoms with Crippen molar-refractivity contribution in [3.8, 4) is 0 Å². The number of carbonyl (C=O) groups is 2. The Labute approximate surface area is 158 Å². The van der Waals surface area contributed by atoms with E-state index in [-0.39, 0.29) is 44.5 Å². The molecule has 0 aromatic heterocycles. The summed E-state index contributed by atoms with van der Waals surface area (Å²) in [4.78, 5) is 21.4. The van der Waals surface area contributed by atoms with E-state index in [4.69, 9.17) is 14.6 Å². The average Bonchev–Trinajstić information content (AvgIpc) is 2.55. The monoisotopic (exact) mass is 373 g/mol. The van der Waals surface area contributed by atoms with Crippen LogP contribution in [0.5, 0.6) is 0 Å². The molecule has 1 aliphatic rings. The Bertz CT molecular complexity index is 414. The smallest absolute Gasteiger partial charge is 0.163 e. The van der Waals surface area contributed by atoms with Crippen molar-refractivity contribution in [3.63, 3.8) is 0 Å². The minimum absolute atomic E-state index is 0. The van der Waals surface area contributed by atoms with Gasteiger partial charge >= 0.3 is 0 Å². The zero-order valence-electron chi connectivity index (χ0n) is 16.7. The van der Waals surface area contributed by atoms with Gasteiger partial charge in [-0.1, -0.05) is 20.8 Å². The van der Waals surface area contributed by atoms with Gasteiger partial charge in [-0.15, -0.1) is 0 Å². The third-order valence-corrected chi connectivity index (χ3v) is 4.22. The number of aliphatic hydroxyl groups excluding tert-OH is 3. The molecule has 0 aliphatic carbocycles. The zero-order chi connectivity index (χ0) is 19.7. The van der Waals surface area contributed by atoms with Crippen LogP contribution in [0.25, 0.3) is 0 Å². The number of ether oxygens (including phenoxy) is 2. The van der Waals surface area contributed by atoms with E-state index in [9.17, 15) is 19.8 Å². The SMILES string of the molecule is CC(C)O[C@H]1OC(CO)[C@H](O)[C@H](O)C1C.CCC(=O)CC(C)C(C)=O.[B]. The molecule has 1 fully saturated rings. The number of ketones is 2. The van der Waals surface area contributed by atoms with Gasteiger partial charge in [-0.2, -0.15) is 0 Å². The fraction of sp³-hybridized carbons (Fsp3) is 0.889. The quantitative estimate of drug-likeness (QED) is 0.563. The fourth-order valence-corrected chi connectivity index (χ4v) is 2.27. The van der Waals surface area contributed by atoms with Crippen LogP contribution in [0.15, 0.2) is 0 Å². The molecule has 7 nitrogen and oxygen atoms in total. The Morgan fingerprint density at radius 3 is 2.08 bits per heavy atom. The molecular weight excluding hydrogens is 339 g/mol. The highest BCUT2D eigenvalue weighted by molar-refractivity contribution is 5.86. The molecule has 3 radical (unpaired) electrons. The van der Waals surface area contributed by atoms with Gasteiger partial charge in [0.05, 0.1) is 18.8 Å². The molecule has 26 heavy (non-hydrogen) atoms.